The number of halogens is 1. The number of rotatable bonds is 4. The number of guanidine groups is 1. The van der Waals surface area contributed by atoms with Gasteiger partial charge in [0.1, 0.15) is 5.82 Å². The van der Waals surface area contributed by atoms with E-state index in [1.54, 1.807) is 13.2 Å². The van der Waals surface area contributed by atoms with Crippen LogP contribution in [0.4, 0.5) is 5.82 Å². The van der Waals surface area contributed by atoms with Crippen molar-refractivity contribution in [2.75, 3.05) is 38.2 Å². The molecular weight excluding hydrogens is 326 g/mol. The number of nitrogens with zero attached hydrogens (tertiary/aromatic N) is 3. The fourth-order valence-electron chi connectivity index (χ4n) is 3.25. The van der Waals surface area contributed by atoms with E-state index in [2.05, 4.69) is 25.5 Å². The van der Waals surface area contributed by atoms with Gasteiger partial charge in [0.15, 0.2) is 5.96 Å². The lowest BCUT2D eigenvalue weighted by Gasteiger charge is -2.25. The second kappa shape index (κ2) is 8.53. The standard InChI is InChI=1S/C17H26ClN5O/c1-19-17(21-11-14-5-2-3-10-24-14)22-13-7-9-23(12-13)16-15(18)6-4-8-20-16/h4,6,8,13-14H,2-3,5,7,9-12H2,1H3,(H2,19,21,22). The predicted octanol–water partition coefficient (Wildman–Crippen LogP) is 2.05. The Bertz CT molecular complexity index is 562. The maximum absolute atomic E-state index is 6.25. The van der Waals surface area contributed by atoms with Crippen LogP contribution in [0.1, 0.15) is 25.7 Å². The molecule has 0 bridgehead atoms. The molecule has 3 rings (SSSR count). The Kier molecular flexibility index (Phi) is 6.15. The van der Waals surface area contributed by atoms with Crippen molar-refractivity contribution in [1.82, 2.24) is 15.6 Å². The van der Waals surface area contributed by atoms with E-state index in [1.165, 1.54) is 12.8 Å². The number of aliphatic imine (C=N–C) groups is 1. The van der Waals surface area contributed by atoms with E-state index in [0.717, 1.165) is 50.9 Å². The van der Waals surface area contributed by atoms with E-state index in [0.29, 0.717) is 17.2 Å². The van der Waals surface area contributed by atoms with Gasteiger partial charge in [0.2, 0.25) is 0 Å². The van der Waals surface area contributed by atoms with E-state index in [1.807, 2.05) is 12.1 Å². The van der Waals surface area contributed by atoms with Crippen LogP contribution in [0.15, 0.2) is 23.3 Å². The third-order valence-electron chi connectivity index (χ3n) is 4.56. The second-order valence-corrected chi connectivity index (χ2v) is 6.73. The Hall–Kier alpha value is -1.53. The van der Waals surface area contributed by atoms with Crippen LogP contribution >= 0.6 is 11.6 Å². The summed E-state index contributed by atoms with van der Waals surface area (Å²) in [5, 5.41) is 7.58. The van der Waals surface area contributed by atoms with Crippen molar-refractivity contribution in [3.05, 3.63) is 23.4 Å². The monoisotopic (exact) mass is 351 g/mol. The lowest BCUT2D eigenvalue weighted by molar-refractivity contribution is 0.0194. The molecule has 0 spiro atoms. The van der Waals surface area contributed by atoms with Crippen molar-refractivity contribution in [3.8, 4) is 0 Å². The second-order valence-electron chi connectivity index (χ2n) is 6.33. The zero-order valence-electron chi connectivity index (χ0n) is 14.2. The maximum Gasteiger partial charge on any atom is 0.191 e. The van der Waals surface area contributed by atoms with E-state index in [9.17, 15) is 0 Å². The van der Waals surface area contributed by atoms with Gasteiger partial charge in [-0.1, -0.05) is 11.6 Å². The summed E-state index contributed by atoms with van der Waals surface area (Å²) in [4.78, 5) is 10.9. The molecule has 2 atom stereocenters. The highest BCUT2D eigenvalue weighted by molar-refractivity contribution is 6.32. The first-order valence-corrected chi connectivity index (χ1v) is 9.08. The molecule has 2 unspecified atom stereocenters. The van der Waals surface area contributed by atoms with Gasteiger partial charge in [-0.25, -0.2) is 4.98 Å². The summed E-state index contributed by atoms with van der Waals surface area (Å²) in [5.74, 6) is 1.70. The summed E-state index contributed by atoms with van der Waals surface area (Å²) in [6.45, 7) is 3.50. The van der Waals surface area contributed by atoms with Gasteiger partial charge in [0.25, 0.3) is 0 Å². The minimum Gasteiger partial charge on any atom is -0.376 e. The zero-order chi connectivity index (χ0) is 16.8. The summed E-state index contributed by atoms with van der Waals surface area (Å²) in [5.41, 5.74) is 0. The van der Waals surface area contributed by atoms with Crippen LogP contribution in [0.5, 0.6) is 0 Å². The first-order chi connectivity index (χ1) is 11.8. The molecule has 24 heavy (non-hydrogen) atoms. The molecule has 2 aliphatic rings. The van der Waals surface area contributed by atoms with Crippen molar-refractivity contribution in [3.63, 3.8) is 0 Å². The Morgan fingerprint density at radius 3 is 3.12 bits per heavy atom. The lowest BCUT2D eigenvalue weighted by Crippen LogP contribution is -2.47. The summed E-state index contributed by atoms with van der Waals surface area (Å²) < 4.78 is 5.75. The van der Waals surface area contributed by atoms with Gasteiger partial charge in [-0.3, -0.25) is 4.99 Å². The molecule has 7 heteroatoms. The number of hydrogen-bond acceptors (Lipinski definition) is 4. The predicted molar refractivity (Wildman–Crippen MR) is 98.0 cm³/mol. The molecule has 0 aliphatic carbocycles. The number of ether oxygens (including phenoxy) is 1. The fourth-order valence-corrected chi connectivity index (χ4v) is 3.49. The smallest absolute Gasteiger partial charge is 0.191 e. The third-order valence-corrected chi connectivity index (χ3v) is 4.86. The molecule has 2 saturated heterocycles. The van der Waals surface area contributed by atoms with Crippen LogP contribution in [0, 0.1) is 0 Å². The molecule has 0 saturated carbocycles. The molecular formula is C17H26ClN5O. The van der Waals surface area contributed by atoms with Crippen molar-refractivity contribution in [2.45, 2.75) is 37.8 Å². The van der Waals surface area contributed by atoms with Crippen LogP contribution in [-0.4, -0.2) is 56.4 Å². The highest BCUT2D eigenvalue weighted by Gasteiger charge is 2.25. The molecule has 1 aromatic rings. The Morgan fingerprint density at radius 2 is 2.38 bits per heavy atom. The number of aromatic nitrogens is 1. The van der Waals surface area contributed by atoms with Gasteiger partial charge in [-0.2, -0.15) is 0 Å². The summed E-state index contributed by atoms with van der Waals surface area (Å²) in [6, 6.07) is 4.08. The largest absolute Gasteiger partial charge is 0.376 e. The van der Waals surface area contributed by atoms with Crippen LogP contribution < -0.4 is 15.5 Å². The van der Waals surface area contributed by atoms with Crippen molar-refractivity contribution >= 4 is 23.4 Å². The minimum absolute atomic E-state index is 0.296. The van der Waals surface area contributed by atoms with Crippen molar-refractivity contribution in [1.29, 1.82) is 0 Å². The summed E-state index contributed by atoms with van der Waals surface area (Å²) in [6.07, 6.45) is 6.67. The molecule has 0 radical (unpaired) electrons. The molecule has 3 heterocycles. The molecule has 2 aliphatic heterocycles. The molecule has 1 aromatic heterocycles. The number of nitrogens with one attached hydrogen (secondary N) is 2. The van der Waals surface area contributed by atoms with Gasteiger partial charge in [-0.15, -0.1) is 0 Å². The van der Waals surface area contributed by atoms with Crippen LogP contribution in [0.3, 0.4) is 0 Å². The Balaban J connectivity index is 1.47. The van der Waals surface area contributed by atoms with Gasteiger partial charge >= 0.3 is 0 Å². The van der Waals surface area contributed by atoms with E-state index in [-0.39, 0.29) is 0 Å². The van der Waals surface area contributed by atoms with Crippen molar-refractivity contribution < 1.29 is 4.74 Å². The van der Waals surface area contributed by atoms with E-state index >= 15 is 0 Å². The van der Waals surface area contributed by atoms with Gasteiger partial charge < -0.3 is 20.3 Å². The highest BCUT2D eigenvalue weighted by Crippen LogP contribution is 2.25. The third kappa shape index (κ3) is 4.51. The normalized spacial score (nSPS) is 24.9. The van der Waals surface area contributed by atoms with E-state index in [4.69, 9.17) is 16.3 Å². The summed E-state index contributed by atoms with van der Waals surface area (Å²) >= 11 is 6.25. The SMILES string of the molecule is CN=C(NCC1CCCCO1)NC1CCN(c2ncccc2Cl)C1. The highest BCUT2D eigenvalue weighted by atomic mass is 35.5. The molecule has 6 nitrogen and oxygen atoms in total. The molecule has 132 valence electrons. The molecule has 0 amide bonds. The minimum atomic E-state index is 0.296. The zero-order valence-corrected chi connectivity index (χ0v) is 14.9. The topological polar surface area (TPSA) is 61.8 Å². The maximum atomic E-state index is 6.25. The van der Waals surface area contributed by atoms with Gasteiger partial charge in [0, 0.05) is 45.5 Å². The van der Waals surface area contributed by atoms with Crippen LogP contribution in [0.25, 0.3) is 0 Å². The number of pyridine rings is 1. The van der Waals surface area contributed by atoms with Gasteiger partial charge in [0.05, 0.1) is 11.1 Å². The van der Waals surface area contributed by atoms with Gasteiger partial charge in [-0.05, 0) is 37.8 Å². The molecule has 2 N–H and O–H groups in total. The van der Waals surface area contributed by atoms with Crippen molar-refractivity contribution in [2.24, 2.45) is 4.99 Å². The number of hydrogen-bond donors (Lipinski definition) is 2. The Labute approximate surface area is 148 Å². The quantitative estimate of drug-likeness (QED) is 0.642. The first-order valence-electron chi connectivity index (χ1n) is 8.70. The fraction of sp³-hybridized carbons (Fsp3) is 0.647. The molecule has 2 fully saturated rings. The summed E-state index contributed by atoms with van der Waals surface area (Å²) in [7, 11) is 1.80. The first kappa shape index (κ1) is 17.3. The molecule has 0 aromatic carbocycles. The van der Waals surface area contributed by atoms with E-state index < -0.39 is 0 Å². The number of anilines is 1. The average Bonchev–Trinajstić information content (AvgIpc) is 3.08. The lowest BCUT2D eigenvalue weighted by atomic mass is 10.1. The average molecular weight is 352 g/mol. The van der Waals surface area contributed by atoms with Crippen LogP contribution in [-0.2, 0) is 4.74 Å². The van der Waals surface area contributed by atoms with Crippen LogP contribution in [0.2, 0.25) is 5.02 Å². The Morgan fingerprint density at radius 1 is 1.46 bits per heavy atom.